The zero-order chi connectivity index (χ0) is 11.8. The summed E-state index contributed by atoms with van der Waals surface area (Å²) in [6, 6.07) is 14.7. The minimum absolute atomic E-state index is 0.0130. The molecule has 84 valence electrons. The van der Waals surface area contributed by atoms with Crippen LogP contribution in [0, 0.1) is 7.14 Å². The van der Waals surface area contributed by atoms with Crippen LogP contribution in [-0.4, -0.2) is 5.91 Å². The van der Waals surface area contributed by atoms with Crippen molar-refractivity contribution in [3.8, 4) is 11.1 Å². The minimum Gasteiger partial charge on any atom is -0.326 e. The molecule has 1 amide bonds. The molecule has 0 aromatic heterocycles. The number of hydrogen-bond acceptors (Lipinski definition) is 1. The Kier molecular flexibility index (Phi) is 2.63. The van der Waals surface area contributed by atoms with Gasteiger partial charge in [-0.15, -0.1) is 0 Å². The van der Waals surface area contributed by atoms with Crippen LogP contribution in [0.3, 0.4) is 0 Å². The summed E-state index contributed by atoms with van der Waals surface area (Å²) < 4.78 is 2.84. The summed E-state index contributed by atoms with van der Waals surface area (Å²) in [6.45, 7) is 1.55. The Balaban J connectivity index is 2.19. The molecule has 2 nitrogen and oxygen atoms in total. The Morgan fingerprint density at radius 2 is 1.82 bits per heavy atom. The van der Waals surface area contributed by atoms with Gasteiger partial charge >= 0.3 is 21.2 Å². The first-order chi connectivity index (χ1) is 8.25. The lowest BCUT2D eigenvalue weighted by atomic mass is 10.0. The first-order valence-electron chi connectivity index (χ1n) is 5.40. The van der Waals surface area contributed by atoms with E-state index in [2.05, 4.69) is 35.6 Å². The number of rotatable bonds is 1. The number of halogens is 1. The van der Waals surface area contributed by atoms with Gasteiger partial charge in [-0.25, -0.2) is 0 Å². The van der Waals surface area contributed by atoms with Crippen molar-refractivity contribution in [3.05, 3.63) is 49.6 Å². The summed E-state index contributed by atoms with van der Waals surface area (Å²) >= 11 is -0.0913. The lowest BCUT2D eigenvalue weighted by Gasteiger charge is -2.05. The fraction of sp³-hybridized carbons (Fsp3) is 0.0714. The van der Waals surface area contributed by atoms with E-state index in [1.807, 2.05) is 12.1 Å². The topological polar surface area (TPSA) is 29.1 Å². The number of fused-ring (bicyclic) bond motifs is 3. The Morgan fingerprint density at radius 3 is 2.65 bits per heavy atom. The summed E-state index contributed by atoms with van der Waals surface area (Å²) in [7, 11) is 0. The van der Waals surface area contributed by atoms with Crippen LogP contribution >= 0.6 is 0 Å². The van der Waals surface area contributed by atoms with Gasteiger partial charge in [-0.3, -0.25) is 4.79 Å². The Morgan fingerprint density at radius 1 is 1.06 bits per heavy atom. The second-order valence-electron chi connectivity index (χ2n) is 3.92. The van der Waals surface area contributed by atoms with Gasteiger partial charge in [0, 0.05) is 12.5 Å². The van der Waals surface area contributed by atoms with E-state index in [-0.39, 0.29) is 27.1 Å². The van der Waals surface area contributed by atoms with E-state index in [9.17, 15) is 4.79 Å². The highest BCUT2D eigenvalue weighted by atomic mass is 127. The predicted molar refractivity (Wildman–Crippen MR) is 63.6 cm³/mol. The predicted octanol–water partition coefficient (Wildman–Crippen LogP) is -0.246. The second-order valence-corrected chi connectivity index (χ2v) is 6.78. The lowest BCUT2D eigenvalue weighted by Crippen LogP contribution is -3.61. The van der Waals surface area contributed by atoms with Crippen molar-refractivity contribution in [1.29, 1.82) is 0 Å². The van der Waals surface area contributed by atoms with Crippen LogP contribution in [0.1, 0.15) is 6.92 Å². The van der Waals surface area contributed by atoms with E-state index in [1.54, 1.807) is 6.92 Å². The summed E-state index contributed by atoms with van der Waals surface area (Å²) in [5.41, 5.74) is 3.46. The first kappa shape index (κ1) is 10.8. The van der Waals surface area contributed by atoms with E-state index >= 15 is 0 Å². The Bertz CT molecular complexity index is 607. The van der Waals surface area contributed by atoms with E-state index < -0.39 is 0 Å². The molecule has 3 rings (SSSR count). The molecule has 3 heteroatoms. The molecule has 1 aliphatic heterocycles. The molecule has 0 saturated heterocycles. The lowest BCUT2D eigenvalue weighted by molar-refractivity contribution is -0.589. The maximum absolute atomic E-state index is 11.2. The molecule has 2 aromatic rings. The second kappa shape index (κ2) is 4.14. The third-order valence-electron chi connectivity index (χ3n) is 2.67. The van der Waals surface area contributed by atoms with Crippen LogP contribution in [0.15, 0.2) is 42.5 Å². The normalized spacial score (nSPS) is 11.8. The van der Waals surface area contributed by atoms with Crippen LogP contribution in [0.5, 0.6) is 0 Å². The number of hydrogen-bond donors (Lipinski definition) is 1. The van der Waals surface area contributed by atoms with Gasteiger partial charge < -0.3 is 5.32 Å². The molecule has 0 fully saturated rings. The molecule has 0 spiro atoms. The molecule has 1 heterocycles. The number of amides is 1. The van der Waals surface area contributed by atoms with Gasteiger partial charge in [0.15, 0.2) is 0 Å². The highest BCUT2D eigenvalue weighted by Gasteiger charge is 2.34. The average Bonchev–Trinajstić information content (AvgIpc) is 2.67. The van der Waals surface area contributed by atoms with Crippen LogP contribution in [0.2, 0.25) is 0 Å². The molecule has 0 unspecified atom stereocenters. The highest BCUT2D eigenvalue weighted by molar-refractivity contribution is 5.94. The van der Waals surface area contributed by atoms with Gasteiger partial charge in [0.1, 0.15) is 0 Å². The first-order valence-corrected chi connectivity index (χ1v) is 7.56. The summed E-state index contributed by atoms with van der Waals surface area (Å²) in [5, 5.41) is 2.92. The van der Waals surface area contributed by atoms with E-state index in [0.29, 0.717) is 0 Å². The molecule has 1 N–H and O–H groups in total. The summed E-state index contributed by atoms with van der Waals surface area (Å²) in [4.78, 5) is 11.2. The minimum atomic E-state index is -0.0913. The zero-order valence-corrected chi connectivity index (χ0v) is 11.5. The van der Waals surface area contributed by atoms with Gasteiger partial charge in [0.25, 0.3) is 0 Å². The zero-order valence-electron chi connectivity index (χ0n) is 9.33. The van der Waals surface area contributed by atoms with E-state index in [1.165, 1.54) is 18.3 Å². The molecule has 2 aromatic carbocycles. The van der Waals surface area contributed by atoms with Crippen molar-refractivity contribution in [2.45, 2.75) is 6.92 Å². The van der Waals surface area contributed by atoms with Crippen molar-refractivity contribution in [3.63, 3.8) is 0 Å². The quantitative estimate of drug-likeness (QED) is 0.611. The highest BCUT2D eigenvalue weighted by Crippen LogP contribution is 2.29. The molecule has 0 atom stereocenters. The van der Waals surface area contributed by atoms with Crippen molar-refractivity contribution < 1.29 is 26.0 Å². The van der Waals surface area contributed by atoms with Gasteiger partial charge in [-0.2, -0.15) is 0 Å². The number of anilines is 1. The Labute approximate surface area is 110 Å². The molecule has 0 radical (unpaired) electrons. The average molecular weight is 336 g/mol. The van der Waals surface area contributed by atoms with Crippen molar-refractivity contribution in [2.24, 2.45) is 0 Å². The van der Waals surface area contributed by atoms with Crippen LogP contribution in [0.25, 0.3) is 11.1 Å². The largest absolute Gasteiger partial charge is 0.359 e. The fourth-order valence-electron chi connectivity index (χ4n) is 2.03. The fourth-order valence-corrected chi connectivity index (χ4v) is 5.02. The van der Waals surface area contributed by atoms with Crippen LogP contribution in [0.4, 0.5) is 5.69 Å². The number of nitrogens with one attached hydrogen (secondary N) is 1. The number of carbonyl (C=O) groups excluding carboxylic acids is 1. The van der Waals surface area contributed by atoms with Crippen LogP contribution < -0.4 is 26.5 Å². The SMILES string of the molecule is CC(=O)Nc1cccc2c1-c1ccccc1[I+]2. The molecule has 17 heavy (non-hydrogen) atoms. The molecule has 1 aliphatic rings. The van der Waals surface area contributed by atoms with Gasteiger partial charge in [0.05, 0.1) is 11.3 Å². The van der Waals surface area contributed by atoms with Crippen molar-refractivity contribution >= 4 is 11.6 Å². The third kappa shape index (κ3) is 1.84. The monoisotopic (exact) mass is 336 g/mol. The van der Waals surface area contributed by atoms with Gasteiger partial charge in [-0.05, 0) is 24.3 Å². The Hall–Kier alpha value is -1.36. The molecule has 0 bridgehead atoms. The maximum atomic E-state index is 11.2. The maximum Gasteiger partial charge on any atom is 0.359 e. The van der Waals surface area contributed by atoms with E-state index in [4.69, 9.17) is 0 Å². The number of carbonyl (C=O) groups is 1. The summed E-state index contributed by atoms with van der Waals surface area (Å²) in [6.07, 6.45) is 0. The number of benzene rings is 2. The molecule has 0 aliphatic carbocycles. The van der Waals surface area contributed by atoms with E-state index in [0.717, 1.165) is 5.69 Å². The van der Waals surface area contributed by atoms with Gasteiger partial charge in [0.2, 0.25) is 13.0 Å². The third-order valence-corrected chi connectivity index (χ3v) is 5.67. The standard InChI is InChI=1S/C14H10INO/c1-9(17)16-13-8-4-7-12-14(13)10-5-2-3-6-11(10)15-12/h2-8H,1H3/p+1. The van der Waals surface area contributed by atoms with Crippen LogP contribution in [-0.2, 0) is 4.79 Å². The molecular weight excluding hydrogens is 325 g/mol. The molecular formula is C14H11INO+. The molecule has 0 saturated carbocycles. The van der Waals surface area contributed by atoms with Crippen molar-refractivity contribution in [2.75, 3.05) is 5.32 Å². The summed E-state index contributed by atoms with van der Waals surface area (Å²) in [5.74, 6) is -0.0130. The smallest absolute Gasteiger partial charge is 0.326 e. The van der Waals surface area contributed by atoms with Crippen molar-refractivity contribution in [1.82, 2.24) is 0 Å². The van der Waals surface area contributed by atoms with Gasteiger partial charge in [-0.1, -0.05) is 18.2 Å².